The van der Waals surface area contributed by atoms with Crippen LogP contribution < -0.4 is 0 Å². The summed E-state index contributed by atoms with van der Waals surface area (Å²) in [6.45, 7) is 3.76. The Kier molecular flexibility index (Phi) is 9.26. The summed E-state index contributed by atoms with van der Waals surface area (Å²) in [7, 11) is 0. The van der Waals surface area contributed by atoms with Crippen molar-refractivity contribution in [1.29, 1.82) is 0 Å². The Balaban J connectivity index is 1.92. The van der Waals surface area contributed by atoms with Crippen LogP contribution in [0.1, 0.15) is 68.9 Å². The summed E-state index contributed by atoms with van der Waals surface area (Å²) in [4.78, 5) is 10.4. The van der Waals surface area contributed by atoms with E-state index in [0.29, 0.717) is 6.42 Å². The standard InChI is InChI=1S/C19H28O2/c1-2-17-13-15-18(16-14-17)11-9-7-5-3-4-6-8-10-12-19(20)21/h2,13-16H,1,3-12H2,(H,20,21). The van der Waals surface area contributed by atoms with Crippen molar-refractivity contribution in [2.45, 2.75) is 64.2 Å². The lowest BCUT2D eigenvalue weighted by atomic mass is 10.0. The third-order valence-corrected chi connectivity index (χ3v) is 3.82. The third kappa shape index (κ3) is 9.06. The van der Waals surface area contributed by atoms with Crippen molar-refractivity contribution in [1.82, 2.24) is 0 Å². The SMILES string of the molecule is C=Cc1ccc(CCCCCCCCCCC(=O)O)cc1. The second-order valence-electron chi connectivity index (χ2n) is 5.67. The van der Waals surface area contributed by atoms with Crippen LogP contribution in [-0.2, 0) is 11.2 Å². The van der Waals surface area contributed by atoms with E-state index in [1.165, 1.54) is 49.7 Å². The molecule has 0 atom stereocenters. The molecule has 0 amide bonds. The molecule has 0 fully saturated rings. The highest BCUT2D eigenvalue weighted by Crippen LogP contribution is 2.13. The summed E-state index contributed by atoms with van der Waals surface area (Å²) in [5.74, 6) is -0.670. The van der Waals surface area contributed by atoms with Gasteiger partial charge in [0.2, 0.25) is 0 Å². The highest BCUT2D eigenvalue weighted by atomic mass is 16.4. The van der Waals surface area contributed by atoms with Crippen LogP contribution in [0.15, 0.2) is 30.8 Å². The van der Waals surface area contributed by atoms with Crippen molar-refractivity contribution in [2.75, 3.05) is 0 Å². The molecule has 0 aliphatic carbocycles. The van der Waals surface area contributed by atoms with Crippen LogP contribution in [0.4, 0.5) is 0 Å². The molecule has 0 saturated carbocycles. The van der Waals surface area contributed by atoms with Gasteiger partial charge in [0.05, 0.1) is 0 Å². The first-order chi connectivity index (χ1) is 10.2. The molecule has 21 heavy (non-hydrogen) atoms. The molecule has 0 spiro atoms. The molecule has 1 N–H and O–H groups in total. The molecule has 2 nitrogen and oxygen atoms in total. The number of carbonyl (C=O) groups is 1. The zero-order valence-corrected chi connectivity index (χ0v) is 13.0. The monoisotopic (exact) mass is 288 g/mol. The Morgan fingerprint density at radius 2 is 1.43 bits per heavy atom. The van der Waals surface area contributed by atoms with E-state index in [9.17, 15) is 4.79 Å². The predicted molar refractivity (Wildman–Crippen MR) is 89.4 cm³/mol. The van der Waals surface area contributed by atoms with Crippen LogP contribution in [-0.4, -0.2) is 11.1 Å². The van der Waals surface area contributed by atoms with Crippen molar-refractivity contribution in [3.8, 4) is 0 Å². The highest BCUT2D eigenvalue weighted by molar-refractivity contribution is 5.66. The van der Waals surface area contributed by atoms with E-state index in [1.807, 2.05) is 6.08 Å². The number of aryl methyl sites for hydroxylation is 1. The number of hydrogen-bond donors (Lipinski definition) is 1. The van der Waals surface area contributed by atoms with Crippen LogP contribution in [0.5, 0.6) is 0 Å². The minimum atomic E-state index is -0.670. The molecular weight excluding hydrogens is 260 g/mol. The van der Waals surface area contributed by atoms with Gasteiger partial charge in [0.15, 0.2) is 0 Å². The molecular formula is C19H28O2. The molecule has 0 heterocycles. The number of carboxylic acid groups (broad SMARTS) is 1. The van der Waals surface area contributed by atoms with Gasteiger partial charge in [-0.1, -0.05) is 75.4 Å². The van der Waals surface area contributed by atoms with Crippen molar-refractivity contribution in [3.05, 3.63) is 42.0 Å². The maximum atomic E-state index is 10.4. The minimum Gasteiger partial charge on any atom is -0.481 e. The summed E-state index contributed by atoms with van der Waals surface area (Å²) in [5.41, 5.74) is 2.59. The lowest BCUT2D eigenvalue weighted by Crippen LogP contribution is -1.93. The Bertz CT molecular complexity index is 406. The fraction of sp³-hybridized carbons (Fsp3) is 0.526. The van der Waals surface area contributed by atoms with E-state index in [0.717, 1.165) is 19.3 Å². The van der Waals surface area contributed by atoms with Gasteiger partial charge in [0.25, 0.3) is 0 Å². The number of aliphatic carboxylic acids is 1. The second-order valence-corrected chi connectivity index (χ2v) is 5.67. The largest absolute Gasteiger partial charge is 0.481 e. The number of carboxylic acids is 1. The van der Waals surface area contributed by atoms with Gasteiger partial charge in [-0.15, -0.1) is 0 Å². The van der Waals surface area contributed by atoms with Gasteiger partial charge >= 0.3 is 5.97 Å². The molecule has 116 valence electrons. The molecule has 0 aliphatic rings. The van der Waals surface area contributed by atoms with Crippen molar-refractivity contribution in [2.24, 2.45) is 0 Å². The maximum absolute atomic E-state index is 10.4. The van der Waals surface area contributed by atoms with E-state index in [-0.39, 0.29) is 0 Å². The van der Waals surface area contributed by atoms with Crippen molar-refractivity contribution in [3.63, 3.8) is 0 Å². The van der Waals surface area contributed by atoms with Gasteiger partial charge < -0.3 is 5.11 Å². The van der Waals surface area contributed by atoms with Crippen LogP contribution in [0.25, 0.3) is 6.08 Å². The molecule has 1 rings (SSSR count). The molecule has 1 aromatic rings. The Labute approximate surface area is 128 Å². The Morgan fingerprint density at radius 1 is 0.905 bits per heavy atom. The topological polar surface area (TPSA) is 37.3 Å². The summed E-state index contributed by atoms with van der Waals surface area (Å²) >= 11 is 0. The first-order valence-electron chi connectivity index (χ1n) is 8.15. The number of rotatable bonds is 12. The Hall–Kier alpha value is -1.57. The molecule has 0 saturated heterocycles. The Morgan fingerprint density at radius 3 is 1.95 bits per heavy atom. The number of benzene rings is 1. The molecule has 0 radical (unpaired) electrons. The number of hydrogen-bond acceptors (Lipinski definition) is 1. The average Bonchev–Trinajstić information content (AvgIpc) is 2.49. The molecule has 0 aromatic heterocycles. The van der Waals surface area contributed by atoms with Crippen molar-refractivity contribution < 1.29 is 9.90 Å². The molecule has 2 heteroatoms. The van der Waals surface area contributed by atoms with Gasteiger partial charge in [-0.25, -0.2) is 0 Å². The summed E-state index contributed by atoms with van der Waals surface area (Å²) < 4.78 is 0. The van der Waals surface area contributed by atoms with Gasteiger partial charge in [-0.05, 0) is 30.4 Å². The number of unbranched alkanes of at least 4 members (excludes halogenated alkanes) is 7. The summed E-state index contributed by atoms with van der Waals surface area (Å²) in [6.07, 6.45) is 12.8. The summed E-state index contributed by atoms with van der Waals surface area (Å²) in [6, 6.07) is 8.64. The van der Waals surface area contributed by atoms with E-state index in [1.54, 1.807) is 0 Å². The van der Waals surface area contributed by atoms with Crippen LogP contribution >= 0.6 is 0 Å². The van der Waals surface area contributed by atoms with Gasteiger partial charge in [-0.3, -0.25) is 4.79 Å². The summed E-state index contributed by atoms with van der Waals surface area (Å²) in [5, 5.41) is 8.53. The smallest absolute Gasteiger partial charge is 0.303 e. The van der Waals surface area contributed by atoms with E-state index in [4.69, 9.17) is 5.11 Å². The van der Waals surface area contributed by atoms with Gasteiger partial charge in [0.1, 0.15) is 0 Å². The van der Waals surface area contributed by atoms with Gasteiger partial charge in [0, 0.05) is 6.42 Å². The molecule has 1 aromatic carbocycles. The normalized spacial score (nSPS) is 10.5. The van der Waals surface area contributed by atoms with E-state index >= 15 is 0 Å². The zero-order chi connectivity index (χ0) is 15.3. The minimum absolute atomic E-state index is 0.324. The zero-order valence-electron chi connectivity index (χ0n) is 13.0. The fourth-order valence-corrected chi connectivity index (χ4v) is 2.49. The first kappa shape index (κ1) is 17.5. The fourth-order valence-electron chi connectivity index (χ4n) is 2.49. The van der Waals surface area contributed by atoms with Crippen LogP contribution in [0.3, 0.4) is 0 Å². The first-order valence-corrected chi connectivity index (χ1v) is 8.15. The molecule has 0 unspecified atom stereocenters. The van der Waals surface area contributed by atoms with E-state index < -0.39 is 5.97 Å². The van der Waals surface area contributed by atoms with E-state index in [2.05, 4.69) is 30.8 Å². The predicted octanol–water partition coefficient (Wildman–Crippen LogP) is 5.47. The average molecular weight is 288 g/mol. The lowest BCUT2D eigenvalue weighted by molar-refractivity contribution is -0.137. The van der Waals surface area contributed by atoms with Crippen LogP contribution in [0.2, 0.25) is 0 Å². The lowest BCUT2D eigenvalue weighted by Gasteiger charge is -2.03. The van der Waals surface area contributed by atoms with Gasteiger partial charge in [-0.2, -0.15) is 0 Å². The van der Waals surface area contributed by atoms with Crippen LogP contribution in [0, 0.1) is 0 Å². The quantitative estimate of drug-likeness (QED) is 0.518. The van der Waals surface area contributed by atoms with Crippen molar-refractivity contribution >= 4 is 12.0 Å². The molecule has 0 aliphatic heterocycles. The third-order valence-electron chi connectivity index (χ3n) is 3.82. The maximum Gasteiger partial charge on any atom is 0.303 e. The molecule has 0 bridgehead atoms. The second kappa shape index (κ2) is 11.1. The highest BCUT2D eigenvalue weighted by Gasteiger charge is 1.97.